The van der Waals surface area contributed by atoms with Crippen molar-refractivity contribution in [2.24, 2.45) is 5.73 Å². The molecule has 0 aromatic heterocycles. The highest BCUT2D eigenvalue weighted by molar-refractivity contribution is 5.94. The minimum Gasteiger partial charge on any atom is -0.352 e. The van der Waals surface area contributed by atoms with Crippen LogP contribution in [-0.2, 0) is 0 Å². The van der Waals surface area contributed by atoms with Crippen LogP contribution in [0.15, 0.2) is 18.2 Å². The summed E-state index contributed by atoms with van der Waals surface area (Å²) in [5, 5.41) is 2.73. The second-order valence-corrected chi connectivity index (χ2v) is 4.44. The zero-order chi connectivity index (χ0) is 13.4. The Balaban J connectivity index is 2.34. The fraction of sp³-hybridized carbons (Fsp3) is 0.500. The molecule has 0 spiro atoms. The average molecular weight is 252 g/mol. The molecule has 0 atom stereocenters. The lowest BCUT2D eigenvalue weighted by molar-refractivity contribution is 0.0949. The lowest BCUT2D eigenvalue weighted by atomic mass is 10.1. The van der Waals surface area contributed by atoms with Crippen molar-refractivity contribution in [3.63, 3.8) is 0 Å². The third-order valence-electron chi connectivity index (χ3n) is 2.78. The number of nitrogens with one attached hydrogen (secondary N) is 1. The topological polar surface area (TPSA) is 55.1 Å². The van der Waals surface area contributed by atoms with E-state index >= 15 is 0 Å². The van der Waals surface area contributed by atoms with Gasteiger partial charge in [0.05, 0.1) is 5.56 Å². The average Bonchev–Trinajstić information content (AvgIpc) is 2.36. The Hall–Kier alpha value is -1.42. The number of amides is 1. The summed E-state index contributed by atoms with van der Waals surface area (Å²) in [6, 6.07) is 4.55. The molecule has 0 bridgehead atoms. The Kier molecular flexibility index (Phi) is 6.36. The van der Waals surface area contributed by atoms with Crippen molar-refractivity contribution in [2.75, 3.05) is 13.1 Å². The zero-order valence-corrected chi connectivity index (χ0v) is 10.8. The van der Waals surface area contributed by atoms with Gasteiger partial charge in [-0.25, -0.2) is 4.39 Å². The summed E-state index contributed by atoms with van der Waals surface area (Å²) in [6.07, 6.45) is 4.03. The predicted molar refractivity (Wildman–Crippen MR) is 71.0 cm³/mol. The van der Waals surface area contributed by atoms with Crippen molar-refractivity contribution in [3.8, 4) is 0 Å². The fourth-order valence-electron chi connectivity index (χ4n) is 1.73. The molecule has 0 fully saturated rings. The summed E-state index contributed by atoms with van der Waals surface area (Å²) in [6.45, 7) is 3.13. The molecule has 3 nitrogen and oxygen atoms in total. The number of halogens is 1. The Labute approximate surface area is 108 Å². The first-order chi connectivity index (χ1) is 8.65. The van der Waals surface area contributed by atoms with E-state index in [4.69, 9.17) is 5.73 Å². The van der Waals surface area contributed by atoms with E-state index in [9.17, 15) is 9.18 Å². The van der Waals surface area contributed by atoms with Crippen LogP contribution in [0.2, 0.25) is 0 Å². The molecule has 0 saturated heterocycles. The van der Waals surface area contributed by atoms with Crippen LogP contribution >= 0.6 is 0 Å². The number of hydrogen-bond donors (Lipinski definition) is 2. The third kappa shape index (κ3) is 4.84. The number of unbranched alkanes of at least 4 members (excludes halogenated alkanes) is 3. The van der Waals surface area contributed by atoms with Crippen LogP contribution in [-0.4, -0.2) is 19.0 Å². The quantitative estimate of drug-likeness (QED) is 0.732. The van der Waals surface area contributed by atoms with Gasteiger partial charge in [-0.15, -0.1) is 0 Å². The smallest absolute Gasteiger partial charge is 0.254 e. The molecule has 0 saturated carbocycles. The van der Waals surface area contributed by atoms with Gasteiger partial charge in [-0.05, 0) is 38.4 Å². The zero-order valence-electron chi connectivity index (χ0n) is 10.8. The van der Waals surface area contributed by atoms with Gasteiger partial charge in [0.15, 0.2) is 0 Å². The van der Waals surface area contributed by atoms with Gasteiger partial charge in [-0.2, -0.15) is 0 Å². The molecule has 3 N–H and O–H groups in total. The largest absolute Gasteiger partial charge is 0.352 e. The van der Waals surface area contributed by atoms with E-state index < -0.39 is 5.82 Å². The lowest BCUT2D eigenvalue weighted by Gasteiger charge is -2.06. The SMILES string of the molecule is Cc1ccc(F)c(C(=O)NCCCCCCN)c1. The molecule has 0 heterocycles. The molecular weight excluding hydrogens is 231 g/mol. The second-order valence-electron chi connectivity index (χ2n) is 4.44. The van der Waals surface area contributed by atoms with E-state index in [0.717, 1.165) is 31.2 Å². The summed E-state index contributed by atoms with van der Waals surface area (Å²) >= 11 is 0. The molecular formula is C14H21FN2O. The van der Waals surface area contributed by atoms with Crippen molar-refractivity contribution < 1.29 is 9.18 Å². The van der Waals surface area contributed by atoms with Gasteiger partial charge in [-0.1, -0.05) is 24.5 Å². The molecule has 0 aliphatic carbocycles. The summed E-state index contributed by atoms with van der Waals surface area (Å²) in [4.78, 5) is 11.7. The summed E-state index contributed by atoms with van der Waals surface area (Å²) in [5.74, 6) is -0.809. The predicted octanol–water partition coefficient (Wildman–Crippen LogP) is 2.38. The maximum absolute atomic E-state index is 13.4. The molecule has 0 aliphatic rings. The number of carbonyl (C=O) groups excluding carboxylic acids is 1. The van der Waals surface area contributed by atoms with Crippen molar-refractivity contribution in [3.05, 3.63) is 35.1 Å². The van der Waals surface area contributed by atoms with Crippen LogP contribution in [0.5, 0.6) is 0 Å². The number of nitrogens with two attached hydrogens (primary N) is 1. The second kappa shape index (κ2) is 7.82. The van der Waals surface area contributed by atoms with Crippen LogP contribution in [0.25, 0.3) is 0 Å². The van der Waals surface area contributed by atoms with Crippen molar-refractivity contribution >= 4 is 5.91 Å². The Morgan fingerprint density at radius 3 is 2.72 bits per heavy atom. The number of hydrogen-bond acceptors (Lipinski definition) is 2. The first-order valence-electron chi connectivity index (χ1n) is 6.39. The van der Waals surface area contributed by atoms with E-state index in [0.29, 0.717) is 13.1 Å². The molecule has 0 radical (unpaired) electrons. The van der Waals surface area contributed by atoms with Gasteiger partial charge >= 0.3 is 0 Å². The van der Waals surface area contributed by atoms with Gasteiger partial charge < -0.3 is 11.1 Å². The first-order valence-corrected chi connectivity index (χ1v) is 6.39. The Morgan fingerprint density at radius 1 is 1.28 bits per heavy atom. The van der Waals surface area contributed by atoms with E-state index in [1.165, 1.54) is 6.07 Å². The molecule has 1 aromatic rings. The van der Waals surface area contributed by atoms with Gasteiger partial charge in [0, 0.05) is 6.54 Å². The summed E-state index contributed by atoms with van der Waals surface area (Å²) in [5.41, 5.74) is 6.39. The summed E-state index contributed by atoms with van der Waals surface area (Å²) < 4.78 is 13.4. The molecule has 100 valence electrons. The van der Waals surface area contributed by atoms with Gasteiger partial charge in [0.25, 0.3) is 5.91 Å². The van der Waals surface area contributed by atoms with E-state index in [1.807, 2.05) is 6.92 Å². The highest BCUT2D eigenvalue weighted by atomic mass is 19.1. The van der Waals surface area contributed by atoms with Crippen molar-refractivity contribution in [1.29, 1.82) is 0 Å². The van der Waals surface area contributed by atoms with Crippen LogP contribution < -0.4 is 11.1 Å². The monoisotopic (exact) mass is 252 g/mol. The Morgan fingerprint density at radius 2 is 2.00 bits per heavy atom. The van der Waals surface area contributed by atoms with Crippen LogP contribution in [0.4, 0.5) is 4.39 Å². The normalized spacial score (nSPS) is 10.4. The first kappa shape index (κ1) is 14.6. The molecule has 0 unspecified atom stereocenters. The molecule has 1 amide bonds. The fourth-order valence-corrected chi connectivity index (χ4v) is 1.73. The minimum atomic E-state index is -0.471. The number of carbonyl (C=O) groups is 1. The number of aryl methyl sites for hydroxylation is 1. The number of benzene rings is 1. The van der Waals surface area contributed by atoms with Crippen LogP contribution in [0.1, 0.15) is 41.6 Å². The number of rotatable bonds is 7. The Bertz CT molecular complexity index is 393. The van der Waals surface area contributed by atoms with Crippen molar-refractivity contribution in [1.82, 2.24) is 5.32 Å². The highest BCUT2D eigenvalue weighted by Gasteiger charge is 2.10. The van der Waals surface area contributed by atoms with Crippen molar-refractivity contribution in [2.45, 2.75) is 32.6 Å². The molecule has 1 rings (SSSR count). The minimum absolute atomic E-state index is 0.122. The molecule has 1 aromatic carbocycles. The van der Waals surface area contributed by atoms with Crippen LogP contribution in [0.3, 0.4) is 0 Å². The van der Waals surface area contributed by atoms with Crippen LogP contribution in [0, 0.1) is 12.7 Å². The van der Waals surface area contributed by atoms with Gasteiger partial charge in [-0.3, -0.25) is 4.79 Å². The van der Waals surface area contributed by atoms with Gasteiger partial charge in [0.1, 0.15) is 5.82 Å². The van der Waals surface area contributed by atoms with Gasteiger partial charge in [0.2, 0.25) is 0 Å². The molecule has 4 heteroatoms. The third-order valence-corrected chi connectivity index (χ3v) is 2.78. The maximum Gasteiger partial charge on any atom is 0.254 e. The van der Waals surface area contributed by atoms with E-state index in [2.05, 4.69) is 5.32 Å². The molecule has 18 heavy (non-hydrogen) atoms. The van der Waals surface area contributed by atoms with E-state index in [1.54, 1.807) is 12.1 Å². The van der Waals surface area contributed by atoms with E-state index in [-0.39, 0.29) is 11.5 Å². The lowest BCUT2D eigenvalue weighted by Crippen LogP contribution is -2.25. The maximum atomic E-state index is 13.4. The highest BCUT2D eigenvalue weighted by Crippen LogP contribution is 2.09. The standard InChI is InChI=1S/C14H21FN2O/c1-11-6-7-13(15)12(10-11)14(18)17-9-5-3-2-4-8-16/h6-7,10H,2-5,8-9,16H2,1H3,(H,17,18). The molecule has 0 aliphatic heterocycles. The summed E-state index contributed by atoms with van der Waals surface area (Å²) in [7, 11) is 0.